The molecule has 4 aliphatic carbocycles. The quantitative estimate of drug-likeness (QED) is 0.359. The number of aliphatic hydroxyl groups is 1. The van der Waals surface area contributed by atoms with Crippen LogP contribution in [0.5, 0.6) is 0 Å². The zero-order valence-corrected chi connectivity index (χ0v) is 11.5. The Morgan fingerprint density at radius 2 is 1.85 bits per heavy atom. The molecule has 0 aromatic carbocycles. The highest BCUT2D eigenvalue weighted by atomic mass is 32.2. The number of hydrogen-bond acceptors (Lipinski definition) is 6. The van der Waals surface area contributed by atoms with E-state index in [9.17, 15) is 18.7 Å². The third-order valence-electron chi connectivity index (χ3n) is 4.67. The molecule has 0 amide bonds. The zero-order chi connectivity index (χ0) is 14.6. The van der Waals surface area contributed by atoms with Crippen LogP contribution >= 0.6 is 12.0 Å². The first kappa shape index (κ1) is 14.5. The summed E-state index contributed by atoms with van der Waals surface area (Å²) in [5.41, 5.74) is -1.88. The fraction of sp³-hybridized carbons (Fsp3) is 0.917. The van der Waals surface area contributed by atoms with Crippen LogP contribution in [0.15, 0.2) is 0 Å². The molecule has 4 bridgehead atoms. The number of hydrogen-bond donors (Lipinski definition) is 2. The number of ether oxygens (including phenoxy) is 1. The summed E-state index contributed by atoms with van der Waals surface area (Å²) < 4.78 is 35.0. The van der Waals surface area contributed by atoms with Gasteiger partial charge in [0.2, 0.25) is 0 Å². The zero-order valence-electron chi connectivity index (χ0n) is 10.7. The molecular formula is C12H16F2O5S. The Hall–Kier alpha value is -0.440. The molecule has 0 aromatic rings. The molecule has 114 valence electrons. The molecule has 0 aliphatic heterocycles. The monoisotopic (exact) mass is 310 g/mol. The summed E-state index contributed by atoms with van der Waals surface area (Å²) in [5, 5.41) is 14.5. The summed E-state index contributed by atoms with van der Waals surface area (Å²) in [5.74, 6) is -1.27. The minimum Gasteiger partial charge on any atom is -0.454 e. The van der Waals surface area contributed by atoms with E-state index in [1.807, 2.05) is 0 Å². The van der Waals surface area contributed by atoms with Crippen molar-refractivity contribution < 1.29 is 33.0 Å². The number of esters is 1. The van der Waals surface area contributed by atoms with Crippen LogP contribution in [0.1, 0.15) is 38.5 Å². The highest BCUT2D eigenvalue weighted by Crippen LogP contribution is 2.59. The summed E-state index contributed by atoms with van der Waals surface area (Å²) in [6.45, 7) is 0. The first-order valence-electron chi connectivity index (χ1n) is 6.59. The van der Waals surface area contributed by atoms with E-state index in [4.69, 9.17) is 9.99 Å². The number of carbonyl (C=O) groups excluding carboxylic acids is 1. The van der Waals surface area contributed by atoms with E-state index in [-0.39, 0.29) is 18.3 Å². The third kappa shape index (κ3) is 2.43. The largest absolute Gasteiger partial charge is 0.454 e. The van der Waals surface area contributed by atoms with Crippen molar-refractivity contribution in [1.29, 1.82) is 0 Å². The SMILES string of the molecule is O=C(OC12CC3CC(CC(O)(C3)C1)C2)C(F)(F)SOO. The molecule has 0 aromatic heterocycles. The molecule has 5 nitrogen and oxygen atoms in total. The predicted molar refractivity (Wildman–Crippen MR) is 64.7 cm³/mol. The minimum absolute atomic E-state index is 0.222. The normalized spacial score (nSPS) is 42.8. The Morgan fingerprint density at radius 1 is 1.25 bits per heavy atom. The molecule has 2 N–H and O–H groups in total. The molecule has 0 radical (unpaired) electrons. The maximum absolute atomic E-state index is 13.3. The van der Waals surface area contributed by atoms with Crippen molar-refractivity contribution >= 4 is 18.0 Å². The second-order valence-electron chi connectivity index (χ2n) is 6.43. The number of alkyl halides is 2. The van der Waals surface area contributed by atoms with Crippen LogP contribution in [0.25, 0.3) is 0 Å². The van der Waals surface area contributed by atoms with Gasteiger partial charge in [0.15, 0.2) is 0 Å². The maximum Gasteiger partial charge on any atom is 0.415 e. The average molecular weight is 310 g/mol. The molecule has 4 fully saturated rings. The van der Waals surface area contributed by atoms with Crippen molar-refractivity contribution in [3.63, 3.8) is 0 Å². The van der Waals surface area contributed by atoms with Gasteiger partial charge in [0.05, 0.1) is 5.60 Å². The van der Waals surface area contributed by atoms with Crippen LogP contribution in [-0.2, 0) is 13.9 Å². The van der Waals surface area contributed by atoms with Gasteiger partial charge < -0.3 is 9.84 Å². The van der Waals surface area contributed by atoms with Crippen molar-refractivity contribution in [3.05, 3.63) is 0 Å². The lowest BCUT2D eigenvalue weighted by Gasteiger charge is -2.59. The summed E-state index contributed by atoms with van der Waals surface area (Å²) in [7, 11) is 0. The molecular weight excluding hydrogens is 294 g/mol. The van der Waals surface area contributed by atoms with Gasteiger partial charge in [0, 0.05) is 6.42 Å². The first-order chi connectivity index (χ1) is 9.26. The lowest BCUT2D eigenvalue weighted by Crippen LogP contribution is -2.61. The van der Waals surface area contributed by atoms with E-state index in [0.717, 1.165) is 6.42 Å². The fourth-order valence-corrected chi connectivity index (χ4v) is 4.79. The van der Waals surface area contributed by atoms with Crippen molar-refractivity contribution in [2.24, 2.45) is 11.8 Å². The van der Waals surface area contributed by atoms with Gasteiger partial charge in [-0.15, -0.1) is 0 Å². The Bertz CT molecular complexity index is 416. The summed E-state index contributed by atoms with van der Waals surface area (Å²) in [6, 6.07) is 0. The number of halogens is 2. The summed E-state index contributed by atoms with van der Waals surface area (Å²) >= 11 is -0.645. The van der Waals surface area contributed by atoms with Gasteiger partial charge in [0.1, 0.15) is 17.6 Å². The number of carbonyl (C=O) groups is 1. The second kappa shape index (κ2) is 4.53. The molecule has 0 saturated heterocycles. The van der Waals surface area contributed by atoms with Crippen LogP contribution in [0.4, 0.5) is 8.78 Å². The smallest absolute Gasteiger partial charge is 0.415 e. The second-order valence-corrected chi connectivity index (χ2v) is 7.26. The Kier molecular flexibility index (Phi) is 3.28. The highest BCUT2D eigenvalue weighted by molar-refractivity contribution is 7.96. The van der Waals surface area contributed by atoms with Crippen molar-refractivity contribution in [2.45, 2.75) is 55.0 Å². The van der Waals surface area contributed by atoms with E-state index >= 15 is 0 Å². The molecule has 0 spiro atoms. The third-order valence-corrected chi connectivity index (χ3v) is 5.12. The topological polar surface area (TPSA) is 76.0 Å². The van der Waals surface area contributed by atoms with E-state index in [0.29, 0.717) is 25.7 Å². The summed E-state index contributed by atoms with van der Waals surface area (Å²) in [4.78, 5) is 11.6. The fourth-order valence-electron chi connectivity index (χ4n) is 4.59. The lowest BCUT2D eigenvalue weighted by atomic mass is 9.52. The summed E-state index contributed by atoms with van der Waals surface area (Å²) in [6.07, 6.45) is 3.56. The van der Waals surface area contributed by atoms with Crippen molar-refractivity contribution in [3.8, 4) is 0 Å². The Morgan fingerprint density at radius 3 is 2.35 bits per heavy atom. The van der Waals surface area contributed by atoms with Gasteiger partial charge in [-0.05, 0) is 43.9 Å². The molecule has 20 heavy (non-hydrogen) atoms. The van der Waals surface area contributed by atoms with Gasteiger partial charge in [-0.25, -0.2) is 10.1 Å². The van der Waals surface area contributed by atoms with Gasteiger partial charge in [-0.3, -0.25) is 0 Å². The minimum atomic E-state index is -3.96. The van der Waals surface area contributed by atoms with E-state index in [1.54, 1.807) is 0 Å². The van der Waals surface area contributed by atoms with Crippen molar-refractivity contribution in [2.75, 3.05) is 0 Å². The molecule has 2 atom stereocenters. The van der Waals surface area contributed by atoms with E-state index < -0.39 is 34.5 Å². The lowest BCUT2D eigenvalue weighted by molar-refractivity contribution is -0.229. The van der Waals surface area contributed by atoms with Crippen LogP contribution in [0.3, 0.4) is 0 Å². The molecule has 0 heterocycles. The van der Waals surface area contributed by atoms with E-state index in [1.165, 1.54) is 0 Å². The van der Waals surface area contributed by atoms with Crippen LogP contribution < -0.4 is 0 Å². The molecule has 4 rings (SSSR count). The first-order valence-corrected chi connectivity index (χ1v) is 7.33. The Labute approximate surface area is 118 Å². The van der Waals surface area contributed by atoms with Crippen LogP contribution in [-0.4, -0.2) is 32.8 Å². The number of rotatable bonds is 4. The van der Waals surface area contributed by atoms with Crippen molar-refractivity contribution in [1.82, 2.24) is 0 Å². The highest BCUT2D eigenvalue weighted by Gasteiger charge is 2.60. The Balaban J connectivity index is 1.75. The molecule has 4 saturated carbocycles. The predicted octanol–water partition coefficient (Wildman–Crippen LogP) is 2.34. The molecule has 4 aliphatic rings. The molecule has 2 unspecified atom stereocenters. The van der Waals surface area contributed by atoms with E-state index in [2.05, 4.69) is 4.33 Å². The average Bonchev–Trinajstić information content (AvgIpc) is 2.24. The van der Waals surface area contributed by atoms with Crippen LogP contribution in [0.2, 0.25) is 0 Å². The van der Waals surface area contributed by atoms with Gasteiger partial charge >= 0.3 is 11.2 Å². The van der Waals surface area contributed by atoms with Crippen LogP contribution in [0, 0.1) is 11.8 Å². The van der Waals surface area contributed by atoms with Gasteiger partial charge in [0.25, 0.3) is 0 Å². The maximum atomic E-state index is 13.3. The molecule has 8 heteroatoms. The van der Waals surface area contributed by atoms with Gasteiger partial charge in [-0.2, -0.15) is 13.1 Å². The standard InChI is InChI=1S/C12H16F2O5S/c13-12(14,20-19-17)9(15)18-11-4-7-1-8(5-11)3-10(16,2-7)6-11/h7-8,16-17H,1-6H2. The van der Waals surface area contributed by atoms with Gasteiger partial charge in [-0.1, -0.05) is 0 Å².